The summed E-state index contributed by atoms with van der Waals surface area (Å²) in [6, 6.07) is 10.9. The Morgan fingerprint density at radius 2 is 1.79 bits per heavy atom. The van der Waals surface area contributed by atoms with Gasteiger partial charge in [0.05, 0.1) is 40.4 Å². The Kier molecular flexibility index (Phi) is 5.57. The van der Waals surface area contributed by atoms with Crippen LogP contribution in [0.15, 0.2) is 61.1 Å². The highest BCUT2D eigenvalue weighted by molar-refractivity contribution is 5.93. The number of pyridine rings is 1. The fourth-order valence-electron chi connectivity index (χ4n) is 4.20. The molecule has 0 amide bonds. The topological polar surface area (TPSA) is 100 Å². The van der Waals surface area contributed by atoms with Crippen LogP contribution < -0.4 is 16.0 Å². The lowest BCUT2D eigenvalue weighted by Crippen LogP contribution is -2.49. The summed E-state index contributed by atoms with van der Waals surface area (Å²) in [5, 5.41) is 14.2. The van der Waals surface area contributed by atoms with Crippen molar-refractivity contribution in [2.45, 2.75) is 18.6 Å². The molecule has 4 N–H and O–H groups in total. The standard InChI is InChI=1S/C24H22F2N6O/c25-17-4-2-5-18(26)22(17)24-29-10-14-3-1-6-19(23(14)31-24)30-20-11-28-8-7-21(20)32-12-15(27)9-16(33)13-32/h1-8,10-11,15-16,30,33H,9,12-13,27H2/t15-,16+/m0/s1. The number of benzene rings is 2. The van der Waals surface area contributed by atoms with E-state index in [9.17, 15) is 13.9 Å². The highest BCUT2D eigenvalue weighted by atomic mass is 19.1. The van der Waals surface area contributed by atoms with Crippen LogP contribution in [0.1, 0.15) is 6.42 Å². The molecule has 9 heteroatoms. The van der Waals surface area contributed by atoms with E-state index < -0.39 is 17.7 Å². The van der Waals surface area contributed by atoms with Crippen LogP contribution in [-0.2, 0) is 0 Å². The predicted octanol–water partition coefficient (Wildman–Crippen LogP) is 3.61. The van der Waals surface area contributed by atoms with Crippen molar-refractivity contribution in [2.24, 2.45) is 5.73 Å². The van der Waals surface area contributed by atoms with Crippen molar-refractivity contribution < 1.29 is 13.9 Å². The van der Waals surface area contributed by atoms with Gasteiger partial charge in [-0.15, -0.1) is 0 Å². The van der Waals surface area contributed by atoms with Gasteiger partial charge in [-0.05, 0) is 30.7 Å². The number of anilines is 3. The summed E-state index contributed by atoms with van der Waals surface area (Å²) in [7, 11) is 0. The quantitative estimate of drug-likeness (QED) is 0.439. The average molecular weight is 448 g/mol. The number of aromatic nitrogens is 3. The van der Waals surface area contributed by atoms with Gasteiger partial charge in [-0.2, -0.15) is 0 Å². The number of piperidine rings is 1. The fraction of sp³-hybridized carbons (Fsp3) is 0.208. The Balaban J connectivity index is 1.56. The van der Waals surface area contributed by atoms with E-state index in [4.69, 9.17) is 5.73 Å². The van der Waals surface area contributed by atoms with Gasteiger partial charge in [0.25, 0.3) is 0 Å². The maximum atomic E-state index is 14.3. The van der Waals surface area contributed by atoms with Gasteiger partial charge in [-0.25, -0.2) is 18.7 Å². The van der Waals surface area contributed by atoms with Gasteiger partial charge in [0.2, 0.25) is 0 Å². The lowest BCUT2D eigenvalue weighted by molar-refractivity contribution is 0.145. The molecule has 33 heavy (non-hydrogen) atoms. The summed E-state index contributed by atoms with van der Waals surface area (Å²) >= 11 is 0. The second kappa shape index (κ2) is 8.68. The third kappa shape index (κ3) is 4.20. The highest BCUT2D eigenvalue weighted by Gasteiger charge is 2.25. The first-order chi connectivity index (χ1) is 16.0. The molecule has 2 atom stereocenters. The Hall–Kier alpha value is -3.69. The van der Waals surface area contributed by atoms with Crippen molar-refractivity contribution in [3.05, 3.63) is 72.7 Å². The van der Waals surface area contributed by atoms with Crippen LogP contribution >= 0.6 is 0 Å². The van der Waals surface area contributed by atoms with Crippen LogP contribution in [0.2, 0.25) is 0 Å². The fourth-order valence-corrected chi connectivity index (χ4v) is 4.20. The number of nitrogens with zero attached hydrogens (tertiary/aromatic N) is 4. The molecule has 1 fully saturated rings. The summed E-state index contributed by atoms with van der Waals surface area (Å²) in [5.74, 6) is -1.49. The number of hydrogen-bond acceptors (Lipinski definition) is 7. The average Bonchev–Trinajstić information content (AvgIpc) is 2.79. The molecule has 1 saturated heterocycles. The molecule has 1 aliphatic rings. The number of hydrogen-bond donors (Lipinski definition) is 3. The largest absolute Gasteiger partial charge is 0.391 e. The SMILES string of the molecule is N[C@H]1C[C@@H](O)CN(c2ccncc2Nc2cccc3cnc(-c4c(F)cccc4F)nc23)C1. The van der Waals surface area contributed by atoms with Crippen LogP contribution in [0.3, 0.4) is 0 Å². The molecule has 3 heterocycles. The first kappa shape index (κ1) is 21.2. The predicted molar refractivity (Wildman–Crippen MR) is 123 cm³/mol. The number of rotatable bonds is 4. The summed E-state index contributed by atoms with van der Waals surface area (Å²) in [5.41, 5.74) is 8.51. The molecule has 0 saturated carbocycles. The van der Waals surface area contributed by atoms with E-state index in [1.54, 1.807) is 18.6 Å². The van der Waals surface area contributed by atoms with Crippen molar-refractivity contribution in [1.82, 2.24) is 15.0 Å². The molecule has 7 nitrogen and oxygen atoms in total. The van der Waals surface area contributed by atoms with E-state index in [0.29, 0.717) is 41.8 Å². The zero-order valence-corrected chi connectivity index (χ0v) is 17.6. The third-order valence-corrected chi connectivity index (χ3v) is 5.67. The van der Waals surface area contributed by atoms with E-state index in [2.05, 4.69) is 20.3 Å². The molecule has 2 aromatic heterocycles. The number of nitrogens with two attached hydrogens (primary N) is 1. The molecule has 5 rings (SSSR count). The van der Waals surface area contributed by atoms with E-state index >= 15 is 0 Å². The van der Waals surface area contributed by atoms with Crippen LogP contribution in [-0.4, -0.2) is 45.3 Å². The van der Waals surface area contributed by atoms with Gasteiger partial charge in [-0.1, -0.05) is 18.2 Å². The van der Waals surface area contributed by atoms with Gasteiger partial charge in [0.1, 0.15) is 11.6 Å². The number of aliphatic hydroxyl groups is 1. The monoisotopic (exact) mass is 448 g/mol. The van der Waals surface area contributed by atoms with Crippen molar-refractivity contribution in [3.8, 4) is 11.4 Å². The summed E-state index contributed by atoms with van der Waals surface area (Å²) in [6.45, 7) is 1.06. The normalized spacial score (nSPS) is 18.5. The first-order valence-electron chi connectivity index (χ1n) is 10.6. The molecule has 1 aliphatic heterocycles. The van der Waals surface area contributed by atoms with Crippen molar-refractivity contribution >= 4 is 28.0 Å². The number of para-hydroxylation sites is 1. The molecule has 4 aromatic rings. The molecule has 2 aromatic carbocycles. The molecule has 0 radical (unpaired) electrons. The Morgan fingerprint density at radius 3 is 2.58 bits per heavy atom. The number of aliphatic hydroxyl groups excluding tert-OH is 1. The third-order valence-electron chi connectivity index (χ3n) is 5.67. The van der Waals surface area contributed by atoms with Crippen LogP contribution in [0.25, 0.3) is 22.3 Å². The molecule has 0 aliphatic carbocycles. The maximum absolute atomic E-state index is 14.3. The molecular weight excluding hydrogens is 426 g/mol. The van der Waals surface area contributed by atoms with Crippen molar-refractivity contribution in [2.75, 3.05) is 23.3 Å². The zero-order chi connectivity index (χ0) is 22.9. The minimum Gasteiger partial charge on any atom is -0.391 e. The first-order valence-corrected chi connectivity index (χ1v) is 10.6. The molecule has 0 unspecified atom stereocenters. The molecular formula is C24H22F2N6O. The Morgan fingerprint density at radius 1 is 1.00 bits per heavy atom. The molecule has 0 spiro atoms. The summed E-state index contributed by atoms with van der Waals surface area (Å²) < 4.78 is 28.7. The lowest BCUT2D eigenvalue weighted by Gasteiger charge is -2.36. The summed E-state index contributed by atoms with van der Waals surface area (Å²) in [4.78, 5) is 14.9. The number of fused-ring (bicyclic) bond motifs is 1. The number of nitrogens with one attached hydrogen (secondary N) is 1. The Bertz CT molecular complexity index is 1290. The minimum atomic E-state index is -0.727. The van der Waals surface area contributed by atoms with Crippen LogP contribution in [0, 0.1) is 11.6 Å². The number of β-amino-alcohol motifs (C(OH)–C–C–N with tert-alkyl or cyclic N) is 1. The van der Waals surface area contributed by atoms with Crippen LogP contribution in [0.5, 0.6) is 0 Å². The zero-order valence-electron chi connectivity index (χ0n) is 17.6. The molecule has 0 bridgehead atoms. The van der Waals surface area contributed by atoms with E-state index in [0.717, 1.165) is 5.69 Å². The van der Waals surface area contributed by atoms with E-state index in [1.165, 1.54) is 18.2 Å². The molecule has 168 valence electrons. The maximum Gasteiger partial charge on any atom is 0.165 e. The summed E-state index contributed by atoms with van der Waals surface area (Å²) in [6.07, 6.45) is 4.94. The lowest BCUT2D eigenvalue weighted by atomic mass is 10.0. The highest BCUT2D eigenvalue weighted by Crippen LogP contribution is 2.33. The van der Waals surface area contributed by atoms with Gasteiger partial charge in [-0.3, -0.25) is 4.98 Å². The van der Waals surface area contributed by atoms with Crippen molar-refractivity contribution in [1.29, 1.82) is 0 Å². The van der Waals surface area contributed by atoms with Crippen LogP contribution in [0.4, 0.5) is 25.8 Å². The van der Waals surface area contributed by atoms with Gasteiger partial charge < -0.3 is 21.1 Å². The second-order valence-electron chi connectivity index (χ2n) is 8.11. The van der Waals surface area contributed by atoms with Gasteiger partial charge >= 0.3 is 0 Å². The second-order valence-corrected chi connectivity index (χ2v) is 8.11. The van der Waals surface area contributed by atoms with Gasteiger partial charge in [0, 0.05) is 36.9 Å². The van der Waals surface area contributed by atoms with Gasteiger partial charge in [0.15, 0.2) is 5.82 Å². The minimum absolute atomic E-state index is 0.0381. The smallest absolute Gasteiger partial charge is 0.165 e. The van der Waals surface area contributed by atoms with Crippen molar-refractivity contribution in [3.63, 3.8) is 0 Å². The Labute approximate surface area is 188 Å². The number of halogens is 2. The van der Waals surface area contributed by atoms with E-state index in [1.807, 2.05) is 29.2 Å². The van der Waals surface area contributed by atoms with E-state index in [-0.39, 0.29) is 17.4 Å².